The molecule has 32 heavy (non-hydrogen) atoms. The van der Waals surface area contributed by atoms with E-state index in [9.17, 15) is 18.0 Å². The summed E-state index contributed by atoms with van der Waals surface area (Å²) in [4.78, 5) is 29.6. The lowest BCUT2D eigenvalue weighted by Crippen LogP contribution is -2.49. The molecular weight excluding hydrogens is 434 g/mol. The number of ether oxygens (including phenoxy) is 2. The molecule has 1 aliphatic carbocycles. The normalized spacial score (nSPS) is 25.3. The van der Waals surface area contributed by atoms with Crippen molar-refractivity contribution in [3.8, 4) is 5.75 Å². The number of nitrogens with one attached hydrogen (secondary N) is 1. The molecule has 2 amide bonds. The Morgan fingerprint density at radius 2 is 1.91 bits per heavy atom. The highest BCUT2D eigenvalue weighted by Gasteiger charge is 2.37. The molecule has 1 aromatic rings. The smallest absolute Gasteiger partial charge is 0.257 e. The molecule has 1 N–H and O–H groups in total. The molecule has 0 spiro atoms. The summed E-state index contributed by atoms with van der Waals surface area (Å²) in [6.07, 6.45) is 2.62. The van der Waals surface area contributed by atoms with E-state index in [0.29, 0.717) is 24.3 Å². The van der Waals surface area contributed by atoms with Crippen molar-refractivity contribution in [2.75, 3.05) is 44.8 Å². The third kappa shape index (κ3) is 5.92. The Bertz CT molecular complexity index is 962. The number of rotatable bonds is 4. The summed E-state index contributed by atoms with van der Waals surface area (Å²) >= 11 is 0. The van der Waals surface area contributed by atoms with Crippen LogP contribution in [0.4, 0.5) is 5.69 Å². The van der Waals surface area contributed by atoms with Gasteiger partial charge < -0.3 is 19.3 Å². The third-order valence-corrected chi connectivity index (χ3v) is 6.57. The third-order valence-electron chi connectivity index (χ3n) is 5.96. The molecule has 1 heterocycles. The van der Waals surface area contributed by atoms with Crippen molar-refractivity contribution in [1.82, 2.24) is 9.80 Å². The highest BCUT2D eigenvalue weighted by atomic mass is 32.2. The van der Waals surface area contributed by atoms with Gasteiger partial charge in [-0.25, -0.2) is 8.42 Å². The zero-order valence-electron chi connectivity index (χ0n) is 19.3. The Morgan fingerprint density at radius 3 is 2.50 bits per heavy atom. The lowest BCUT2D eigenvalue weighted by molar-refractivity contribution is -0.136. The van der Waals surface area contributed by atoms with E-state index in [1.807, 2.05) is 18.7 Å². The van der Waals surface area contributed by atoms with Gasteiger partial charge in [0.25, 0.3) is 5.91 Å². The number of likely N-dealkylation sites (N-methyl/N-ethyl adjacent to an activating group) is 1. The number of sulfonamides is 1. The van der Waals surface area contributed by atoms with Gasteiger partial charge in [0.05, 0.1) is 29.7 Å². The molecule has 0 aromatic heterocycles. The van der Waals surface area contributed by atoms with Gasteiger partial charge in [-0.2, -0.15) is 0 Å². The SMILES string of the molecule is CO[C@H]1CN(C)C(=O)c2ccc(NS(C)(=O)=O)cc2OC[C@H](C)N(C(=O)C2CC2)C[C@H]1C. The highest BCUT2D eigenvalue weighted by molar-refractivity contribution is 7.92. The maximum absolute atomic E-state index is 13.2. The number of anilines is 1. The highest BCUT2D eigenvalue weighted by Crippen LogP contribution is 2.33. The first kappa shape index (κ1) is 24.3. The van der Waals surface area contributed by atoms with Crippen LogP contribution >= 0.6 is 0 Å². The van der Waals surface area contributed by atoms with Gasteiger partial charge >= 0.3 is 0 Å². The van der Waals surface area contributed by atoms with Crippen LogP contribution < -0.4 is 9.46 Å². The van der Waals surface area contributed by atoms with Crippen LogP contribution in [0.1, 0.15) is 37.0 Å². The maximum atomic E-state index is 13.2. The molecule has 0 radical (unpaired) electrons. The number of hydrogen-bond acceptors (Lipinski definition) is 6. The number of carbonyl (C=O) groups is 2. The quantitative estimate of drug-likeness (QED) is 0.724. The monoisotopic (exact) mass is 467 g/mol. The van der Waals surface area contributed by atoms with Gasteiger partial charge in [0, 0.05) is 45.1 Å². The molecule has 0 bridgehead atoms. The summed E-state index contributed by atoms with van der Waals surface area (Å²) < 4.78 is 37.4. The Hall–Kier alpha value is -2.33. The van der Waals surface area contributed by atoms with E-state index in [-0.39, 0.29) is 48.2 Å². The number of amides is 2. The van der Waals surface area contributed by atoms with Crippen molar-refractivity contribution >= 4 is 27.5 Å². The predicted molar refractivity (Wildman–Crippen MR) is 121 cm³/mol. The number of carbonyl (C=O) groups excluding carboxylic acids is 2. The van der Waals surface area contributed by atoms with Crippen LogP contribution in [0.3, 0.4) is 0 Å². The van der Waals surface area contributed by atoms with Gasteiger partial charge in [0.15, 0.2) is 0 Å². The van der Waals surface area contributed by atoms with Crippen molar-refractivity contribution in [1.29, 1.82) is 0 Å². The van der Waals surface area contributed by atoms with Crippen molar-refractivity contribution in [3.63, 3.8) is 0 Å². The van der Waals surface area contributed by atoms with Crippen LogP contribution in [-0.4, -0.2) is 82.3 Å². The van der Waals surface area contributed by atoms with Crippen LogP contribution in [0.2, 0.25) is 0 Å². The lowest BCUT2D eigenvalue weighted by Gasteiger charge is -2.36. The van der Waals surface area contributed by atoms with E-state index >= 15 is 0 Å². The molecule has 178 valence electrons. The van der Waals surface area contributed by atoms with E-state index in [2.05, 4.69) is 4.72 Å². The van der Waals surface area contributed by atoms with Crippen LogP contribution in [0.25, 0.3) is 0 Å². The molecule has 2 aliphatic rings. The average Bonchev–Trinajstić information content (AvgIpc) is 3.56. The van der Waals surface area contributed by atoms with Crippen molar-refractivity contribution < 1.29 is 27.5 Å². The Kier molecular flexibility index (Phi) is 7.34. The summed E-state index contributed by atoms with van der Waals surface area (Å²) in [7, 11) is -0.186. The summed E-state index contributed by atoms with van der Waals surface area (Å²) in [6, 6.07) is 4.36. The van der Waals surface area contributed by atoms with Crippen molar-refractivity contribution in [2.45, 2.75) is 38.8 Å². The number of hydrogen-bond donors (Lipinski definition) is 1. The molecule has 0 saturated heterocycles. The van der Waals surface area contributed by atoms with E-state index in [1.165, 1.54) is 12.1 Å². The maximum Gasteiger partial charge on any atom is 0.257 e. The second kappa shape index (κ2) is 9.66. The number of benzene rings is 1. The fourth-order valence-corrected chi connectivity index (χ4v) is 4.48. The zero-order valence-corrected chi connectivity index (χ0v) is 20.1. The average molecular weight is 468 g/mol. The molecule has 10 heteroatoms. The van der Waals surface area contributed by atoms with E-state index < -0.39 is 10.0 Å². The van der Waals surface area contributed by atoms with Gasteiger partial charge in [-0.3, -0.25) is 14.3 Å². The summed E-state index contributed by atoms with van der Waals surface area (Å²) in [5.74, 6) is 0.223. The molecule has 1 fully saturated rings. The van der Waals surface area contributed by atoms with E-state index in [0.717, 1.165) is 19.1 Å². The fraction of sp³-hybridized carbons (Fsp3) is 0.636. The summed E-state index contributed by atoms with van der Waals surface area (Å²) in [5, 5.41) is 0. The van der Waals surface area contributed by atoms with Crippen LogP contribution in [0.15, 0.2) is 18.2 Å². The number of fused-ring (bicyclic) bond motifs is 1. The largest absolute Gasteiger partial charge is 0.491 e. The van der Waals surface area contributed by atoms with E-state index in [1.54, 1.807) is 25.1 Å². The van der Waals surface area contributed by atoms with Crippen LogP contribution in [-0.2, 0) is 19.6 Å². The first-order chi connectivity index (χ1) is 15.0. The van der Waals surface area contributed by atoms with Crippen LogP contribution in [0.5, 0.6) is 5.75 Å². The van der Waals surface area contributed by atoms with Gasteiger partial charge in [-0.15, -0.1) is 0 Å². The molecule has 9 nitrogen and oxygen atoms in total. The minimum atomic E-state index is -3.49. The molecule has 3 atom stereocenters. The molecular formula is C22H33N3O6S. The summed E-state index contributed by atoms with van der Waals surface area (Å²) in [6.45, 7) is 4.97. The summed E-state index contributed by atoms with van der Waals surface area (Å²) in [5.41, 5.74) is 0.623. The first-order valence-electron chi connectivity index (χ1n) is 10.8. The Balaban J connectivity index is 1.97. The predicted octanol–water partition coefficient (Wildman–Crippen LogP) is 1.80. The Labute approximate surface area is 190 Å². The van der Waals surface area contributed by atoms with Gasteiger partial charge in [0.1, 0.15) is 12.4 Å². The van der Waals surface area contributed by atoms with Gasteiger partial charge in [0.2, 0.25) is 15.9 Å². The zero-order chi connectivity index (χ0) is 23.6. The van der Waals surface area contributed by atoms with Gasteiger partial charge in [-0.1, -0.05) is 6.92 Å². The second-order valence-corrected chi connectivity index (χ2v) is 10.7. The minimum Gasteiger partial charge on any atom is -0.491 e. The molecule has 1 aliphatic heterocycles. The Morgan fingerprint density at radius 1 is 1.22 bits per heavy atom. The lowest BCUT2D eigenvalue weighted by atomic mass is 10.0. The fourth-order valence-electron chi connectivity index (χ4n) is 3.92. The first-order valence-corrected chi connectivity index (χ1v) is 12.7. The van der Waals surface area contributed by atoms with Gasteiger partial charge in [-0.05, 0) is 31.9 Å². The molecule has 3 rings (SSSR count). The second-order valence-electron chi connectivity index (χ2n) is 8.95. The number of methoxy groups -OCH3 is 1. The van der Waals surface area contributed by atoms with Crippen molar-refractivity contribution in [2.24, 2.45) is 11.8 Å². The topological polar surface area (TPSA) is 105 Å². The van der Waals surface area contributed by atoms with E-state index in [4.69, 9.17) is 9.47 Å². The molecule has 0 unspecified atom stereocenters. The molecule has 1 aromatic carbocycles. The van der Waals surface area contributed by atoms with Crippen molar-refractivity contribution in [3.05, 3.63) is 23.8 Å². The number of nitrogens with zero attached hydrogens (tertiary/aromatic N) is 2. The minimum absolute atomic E-state index is 0.0145. The standard InChI is InChI=1S/C22H33N3O6S/c1-14-11-25(21(26)16-6-7-16)15(2)13-31-19-10-17(23-32(5,28)29)8-9-18(19)22(27)24(3)12-20(14)30-4/h8-10,14-16,20,23H,6-7,11-13H2,1-5H3/t14-,15+,20+/m1/s1. The van der Waals surface area contributed by atoms with Crippen LogP contribution in [0, 0.1) is 11.8 Å². The molecule has 1 saturated carbocycles.